The summed E-state index contributed by atoms with van der Waals surface area (Å²) in [5.74, 6) is -0.302. The minimum atomic E-state index is -0.302. The van der Waals surface area contributed by atoms with Gasteiger partial charge in [0, 0.05) is 9.64 Å². The fraction of sp³-hybridized carbons (Fsp3) is 0.167. The van der Waals surface area contributed by atoms with Crippen molar-refractivity contribution >= 4 is 22.6 Å². The van der Waals surface area contributed by atoms with Gasteiger partial charge in [-0.3, -0.25) is 4.79 Å². The molecule has 1 heterocycles. The summed E-state index contributed by atoms with van der Waals surface area (Å²) in [5.41, 5.74) is 1.53. The van der Waals surface area contributed by atoms with Gasteiger partial charge in [0.1, 0.15) is 5.82 Å². The van der Waals surface area contributed by atoms with Gasteiger partial charge in [-0.25, -0.2) is 9.07 Å². The quantitative estimate of drug-likeness (QED) is 0.784. The Balaban J connectivity index is 2.38. The molecule has 2 rings (SSSR count). The lowest BCUT2D eigenvalue weighted by atomic mass is 10.1. The third-order valence-electron chi connectivity index (χ3n) is 2.47. The van der Waals surface area contributed by atoms with Gasteiger partial charge < -0.3 is 0 Å². The number of hydrogen-bond donors (Lipinski definition) is 0. The van der Waals surface area contributed by atoms with Gasteiger partial charge in [0.2, 0.25) is 0 Å². The number of aromatic nitrogens is 2. The van der Waals surface area contributed by atoms with E-state index in [1.165, 1.54) is 22.9 Å². The molecule has 1 aromatic carbocycles. The summed E-state index contributed by atoms with van der Waals surface area (Å²) in [4.78, 5) is 11.6. The van der Waals surface area contributed by atoms with E-state index >= 15 is 0 Å². The van der Waals surface area contributed by atoms with Gasteiger partial charge >= 0.3 is 0 Å². The van der Waals surface area contributed by atoms with Crippen LogP contribution in [0.25, 0.3) is 0 Å². The molecule has 0 aliphatic carbocycles. The van der Waals surface area contributed by atoms with Crippen LogP contribution in [-0.2, 0) is 6.54 Å². The molecule has 0 aliphatic rings. The van der Waals surface area contributed by atoms with Crippen molar-refractivity contribution in [2.75, 3.05) is 0 Å². The van der Waals surface area contributed by atoms with Crippen molar-refractivity contribution in [2.45, 2.75) is 13.5 Å². The average Bonchev–Trinajstić information content (AvgIpc) is 2.27. The van der Waals surface area contributed by atoms with Crippen molar-refractivity contribution in [3.05, 3.63) is 61.3 Å². The number of benzene rings is 1. The van der Waals surface area contributed by atoms with Crippen LogP contribution >= 0.6 is 22.6 Å². The first-order valence-electron chi connectivity index (χ1n) is 5.04. The second-order valence-electron chi connectivity index (χ2n) is 3.74. The van der Waals surface area contributed by atoms with Gasteiger partial charge in [0.05, 0.1) is 12.7 Å². The van der Waals surface area contributed by atoms with Gasteiger partial charge in [-0.2, -0.15) is 5.10 Å². The molecule has 0 spiro atoms. The number of nitrogens with zero attached hydrogens (tertiary/aromatic N) is 2. The Morgan fingerprint density at radius 2 is 2.18 bits per heavy atom. The van der Waals surface area contributed by atoms with Crippen LogP contribution < -0.4 is 5.56 Å². The minimum Gasteiger partial charge on any atom is -0.268 e. The molecule has 0 atom stereocenters. The highest BCUT2D eigenvalue weighted by molar-refractivity contribution is 14.1. The molecule has 0 N–H and O–H groups in total. The van der Waals surface area contributed by atoms with Crippen molar-refractivity contribution in [1.29, 1.82) is 0 Å². The van der Waals surface area contributed by atoms with E-state index in [0.29, 0.717) is 6.54 Å². The molecule has 0 amide bonds. The zero-order valence-electron chi connectivity index (χ0n) is 9.15. The van der Waals surface area contributed by atoms with Crippen LogP contribution in [0.4, 0.5) is 4.39 Å². The largest absolute Gasteiger partial charge is 0.268 e. The van der Waals surface area contributed by atoms with Crippen LogP contribution in [0.1, 0.15) is 11.1 Å². The van der Waals surface area contributed by atoms with Crippen molar-refractivity contribution in [2.24, 2.45) is 0 Å². The fourth-order valence-electron chi connectivity index (χ4n) is 1.50. The first-order valence-corrected chi connectivity index (χ1v) is 6.12. The van der Waals surface area contributed by atoms with E-state index in [1.54, 1.807) is 12.3 Å². The van der Waals surface area contributed by atoms with Crippen molar-refractivity contribution in [3.8, 4) is 0 Å². The van der Waals surface area contributed by atoms with Crippen LogP contribution in [0.5, 0.6) is 0 Å². The summed E-state index contributed by atoms with van der Waals surface area (Å²) in [6.45, 7) is 2.17. The number of aryl methyl sites for hydroxylation is 1. The predicted octanol–water partition coefficient (Wildman–Crippen LogP) is 2.34. The van der Waals surface area contributed by atoms with Crippen LogP contribution in [-0.4, -0.2) is 9.78 Å². The van der Waals surface area contributed by atoms with Gasteiger partial charge in [0.25, 0.3) is 5.56 Å². The first-order chi connectivity index (χ1) is 8.06. The van der Waals surface area contributed by atoms with E-state index in [2.05, 4.69) is 5.10 Å². The molecule has 3 nitrogen and oxygen atoms in total. The topological polar surface area (TPSA) is 34.9 Å². The Morgan fingerprint density at radius 1 is 1.41 bits per heavy atom. The summed E-state index contributed by atoms with van der Waals surface area (Å²) >= 11 is 2.03. The molecule has 0 saturated carbocycles. The average molecular weight is 344 g/mol. The number of halogens is 2. The van der Waals surface area contributed by atoms with E-state index in [4.69, 9.17) is 0 Å². The molecule has 0 aliphatic heterocycles. The molecule has 0 saturated heterocycles. The van der Waals surface area contributed by atoms with Crippen LogP contribution in [0.15, 0.2) is 35.3 Å². The molecule has 88 valence electrons. The van der Waals surface area contributed by atoms with Gasteiger partial charge in [-0.1, -0.05) is 6.07 Å². The SMILES string of the molecule is Cc1ccc(F)cc1Cn1ncc(I)cc1=O. The summed E-state index contributed by atoms with van der Waals surface area (Å²) in [6.07, 6.45) is 1.61. The molecule has 0 fully saturated rings. The minimum absolute atomic E-state index is 0.180. The molecule has 1 aromatic heterocycles. The van der Waals surface area contributed by atoms with Crippen molar-refractivity contribution in [1.82, 2.24) is 9.78 Å². The Hall–Kier alpha value is -1.24. The molecule has 17 heavy (non-hydrogen) atoms. The van der Waals surface area contributed by atoms with Gasteiger partial charge in [-0.15, -0.1) is 0 Å². The van der Waals surface area contributed by atoms with Crippen molar-refractivity contribution in [3.63, 3.8) is 0 Å². The Morgan fingerprint density at radius 3 is 2.88 bits per heavy atom. The lowest BCUT2D eigenvalue weighted by Crippen LogP contribution is -2.23. The molecule has 0 unspecified atom stereocenters. The number of hydrogen-bond acceptors (Lipinski definition) is 2. The lowest BCUT2D eigenvalue weighted by molar-refractivity contribution is 0.608. The summed E-state index contributed by atoms with van der Waals surface area (Å²) in [6, 6.07) is 6.04. The highest BCUT2D eigenvalue weighted by Gasteiger charge is 2.04. The van der Waals surface area contributed by atoms with E-state index in [0.717, 1.165) is 14.7 Å². The standard InChI is InChI=1S/C12H10FIN2O/c1-8-2-3-10(13)4-9(8)7-16-12(17)5-11(14)6-15-16/h2-6H,7H2,1H3. The van der Waals surface area contributed by atoms with E-state index < -0.39 is 0 Å². The highest BCUT2D eigenvalue weighted by atomic mass is 127. The monoisotopic (exact) mass is 344 g/mol. The second kappa shape index (κ2) is 4.95. The van der Waals surface area contributed by atoms with Crippen LogP contribution in [0.3, 0.4) is 0 Å². The smallest absolute Gasteiger partial charge is 0.268 e. The Bertz CT molecular complexity index is 610. The summed E-state index contributed by atoms with van der Waals surface area (Å²) < 4.78 is 15.2. The predicted molar refractivity (Wildman–Crippen MR) is 71.5 cm³/mol. The third-order valence-corrected chi connectivity index (χ3v) is 3.06. The molecule has 0 radical (unpaired) electrons. The summed E-state index contributed by atoms with van der Waals surface area (Å²) in [5, 5.41) is 4.02. The normalized spacial score (nSPS) is 10.5. The molecular formula is C12H10FIN2O. The zero-order chi connectivity index (χ0) is 12.4. The van der Waals surface area contributed by atoms with Crippen LogP contribution in [0, 0.1) is 16.3 Å². The van der Waals surface area contributed by atoms with E-state index in [-0.39, 0.29) is 11.4 Å². The number of rotatable bonds is 2. The van der Waals surface area contributed by atoms with E-state index in [9.17, 15) is 9.18 Å². The maximum Gasteiger partial charge on any atom is 0.268 e. The van der Waals surface area contributed by atoms with Gasteiger partial charge in [0.15, 0.2) is 0 Å². The van der Waals surface area contributed by atoms with Crippen molar-refractivity contribution < 1.29 is 4.39 Å². The zero-order valence-corrected chi connectivity index (χ0v) is 11.3. The first kappa shape index (κ1) is 12.2. The lowest BCUT2D eigenvalue weighted by Gasteiger charge is -2.07. The molecular weight excluding hydrogens is 334 g/mol. The maximum atomic E-state index is 13.1. The second-order valence-corrected chi connectivity index (χ2v) is 4.99. The Kier molecular flexibility index (Phi) is 3.56. The van der Waals surface area contributed by atoms with Crippen LogP contribution in [0.2, 0.25) is 0 Å². The molecule has 0 bridgehead atoms. The van der Waals surface area contributed by atoms with Gasteiger partial charge in [-0.05, 0) is 52.8 Å². The highest BCUT2D eigenvalue weighted by Crippen LogP contribution is 2.10. The molecule has 5 heteroatoms. The third kappa shape index (κ3) is 2.91. The Labute approximate surface area is 111 Å². The van der Waals surface area contributed by atoms with E-state index in [1.807, 2.05) is 29.5 Å². The summed E-state index contributed by atoms with van der Waals surface area (Å²) in [7, 11) is 0. The molecule has 2 aromatic rings. The fourth-order valence-corrected chi connectivity index (χ4v) is 1.89. The maximum absolute atomic E-state index is 13.1.